The number of aromatic nitrogens is 2. The summed E-state index contributed by atoms with van der Waals surface area (Å²) in [5.41, 5.74) is 1.73. The lowest BCUT2D eigenvalue weighted by Gasteiger charge is -2.04. The van der Waals surface area contributed by atoms with E-state index in [1.165, 1.54) is 12.3 Å². The van der Waals surface area contributed by atoms with Crippen molar-refractivity contribution in [2.45, 2.75) is 6.54 Å². The highest BCUT2D eigenvalue weighted by Crippen LogP contribution is 2.19. The van der Waals surface area contributed by atoms with Gasteiger partial charge in [0.15, 0.2) is 0 Å². The van der Waals surface area contributed by atoms with Crippen molar-refractivity contribution in [3.05, 3.63) is 60.4 Å². The highest BCUT2D eigenvalue weighted by atomic mass is 16.5. The molecular formula is C14H11N3O3. The van der Waals surface area contributed by atoms with Gasteiger partial charge in [0.05, 0.1) is 12.5 Å². The van der Waals surface area contributed by atoms with Crippen LogP contribution >= 0.6 is 0 Å². The molecule has 6 nitrogen and oxygen atoms in total. The van der Waals surface area contributed by atoms with Crippen molar-refractivity contribution < 1.29 is 13.7 Å². The van der Waals surface area contributed by atoms with Crippen molar-refractivity contribution in [2.75, 3.05) is 0 Å². The first-order chi connectivity index (χ1) is 9.83. The second-order valence-corrected chi connectivity index (χ2v) is 4.12. The van der Waals surface area contributed by atoms with Gasteiger partial charge in [0.1, 0.15) is 5.76 Å². The summed E-state index contributed by atoms with van der Waals surface area (Å²) in [5, 5.41) is 6.22. The Morgan fingerprint density at radius 3 is 3.00 bits per heavy atom. The molecule has 0 radical (unpaired) electrons. The van der Waals surface area contributed by atoms with Crippen molar-refractivity contribution >= 4 is 5.91 Å². The molecule has 0 atom stereocenters. The van der Waals surface area contributed by atoms with Gasteiger partial charge in [-0.2, -0.15) is 0 Å². The summed E-state index contributed by atoms with van der Waals surface area (Å²) >= 11 is 0. The minimum absolute atomic E-state index is 0.181. The molecule has 0 aliphatic carbocycles. The van der Waals surface area contributed by atoms with Crippen LogP contribution in [0.5, 0.6) is 0 Å². The molecule has 20 heavy (non-hydrogen) atoms. The third-order valence-electron chi connectivity index (χ3n) is 2.72. The number of carbonyl (C=O) groups excluding carboxylic acids is 1. The predicted octanol–water partition coefficient (Wildman–Crippen LogP) is 2.26. The molecule has 0 fully saturated rings. The van der Waals surface area contributed by atoms with Crippen molar-refractivity contribution in [1.82, 2.24) is 15.5 Å². The molecule has 0 saturated carbocycles. The average molecular weight is 269 g/mol. The molecule has 0 bridgehead atoms. The largest absolute Gasteiger partial charge is 0.464 e. The Morgan fingerprint density at radius 1 is 1.30 bits per heavy atom. The zero-order valence-electron chi connectivity index (χ0n) is 10.4. The van der Waals surface area contributed by atoms with Crippen LogP contribution in [0.25, 0.3) is 11.3 Å². The number of hydrogen-bond acceptors (Lipinski definition) is 5. The molecule has 1 N–H and O–H groups in total. The summed E-state index contributed by atoms with van der Waals surface area (Å²) in [4.78, 5) is 15.8. The fourth-order valence-electron chi connectivity index (χ4n) is 1.76. The van der Waals surface area contributed by atoms with Gasteiger partial charge in [-0.15, -0.1) is 0 Å². The van der Waals surface area contributed by atoms with E-state index in [1.807, 2.05) is 18.2 Å². The lowest BCUT2D eigenvalue weighted by atomic mass is 10.1. The van der Waals surface area contributed by atoms with E-state index in [0.29, 0.717) is 6.54 Å². The molecule has 0 unspecified atom stereocenters. The lowest BCUT2D eigenvalue weighted by molar-refractivity contribution is 0.0914. The zero-order chi connectivity index (χ0) is 13.8. The van der Waals surface area contributed by atoms with Crippen LogP contribution in [0.4, 0.5) is 0 Å². The number of furan rings is 1. The van der Waals surface area contributed by atoms with Gasteiger partial charge in [-0.05, 0) is 23.8 Å². The van der Waals surface area contributed by atoms with Gasteiger partial charge in [-0.25, -0.2) is 0 Å². The van der Waals surface area contributed by atoms with Crippen molar-refractivity contribution in [3.63, 3.8) is 0 Å². The highest BCUT2D eigenvalue weighted by molar-refractivity contribution is 5.91. The topological polar surface area (TPSA) is 81.2 Å². The molecule has 0 spiro atoms. The van der Waals surface area contributed by atoms with Crippen LogP contribution in [-0.4, -0.2) is 16.0 Å². The van der Waals surface area contributed by atoms with Crippen LogP contribution in [0.3, 0.4) is 0 Å². The van der Waals surface area contributed by atoms with Gasteiger partial charge < -0.3 is 14.3 Å². The van der Waals surface area contributed by atoms with Gasteiger partial charge >= 0.3 is 0 Å². The third-order valence-corrected chi connectivity index (χ3v) is 2.72. The number of amides is 1. The van der Waals surface area contributed by atoms with E-state index in [0.717, 1.165) is 16.9 Å². The molecule has 3 heterocycles. The average Bonchev–Trinajstić information content (AvgIpc) is 3.17. The summed E-state index contributed by atoms with van der Waals surface area (Å²) in [5.74, 6) is 0.604. The summed E-state index contributed by atoms with van der Waals surface area (Å²) < 4.78 is 10.1. The standard InChI is InChI=1S/C14H11N3O3/c18-14(13-3-4-17-20-13)16-8-10-6-11(9-15-7-10)12-2-1-5-19-12/h1-7,9H,8H2,(H,16,18). The molecule has 6 heteroatoms. The van der Waals surface area contributed by atoms with Crippen LogP contribution in [-0.2, 0) is 6.54 Å². The molecule has 3 aromatic heterocycles. The summed E-state index contributed by atoms with van der Waals surface area (Å²) in [6, 6.07) is 7.08. The number of nitrogens with one attached hydrogen (secondary N) is 1. The number of rotatable bonds is 4. The first-order valence-electron chi connectivity index (χ1n) is 5.99. The number of hydrogen-bond donors (Lipinski definition) is 1. The van der Waals surface area contributed by atoms with Crippen molar-refractivity contribution in [2.24, 2.45) is 0 Å². The number of nitrogens with zero attached hydrogens (tertiary/aromatic N) is 2. The zero-order valence-corrected chi connectivity index (χ0v) is 10.4. The predicted molar refractivity (Wildman–Crippen MR) is 69.6 cm³/mol. The van der Waals surface area contributed by atoms with E-state index >= 15 is 0 Å². The van der Waals surface area contributed by atoms with Gasteiger partial charge in [0.25, 0.3) is 5.91 Å². The number of pyridine rings is 1. The Labute approximate surface area is 114 Å². The van der Waals surface area contributed by atoms with Crippen LogP contribution in [0.15, 0.2) is 58.1 Å². The summed E-state index contributed by atoms with van der Waals surface area (Å²) in [6.45, 7) is 0.348. The van der Waals surface area contributed by atoms with Gasteiger partial charge in [0, 0.05) is 30.6 Å². The molecule has 0 aliphatic heterocycles. The van der Waals surface area contributed by atoms with Crippen LogP contribution in [0.2, 0.25) is 0 Å². The Hall–Kier alpha value is -2.89. The van der Waals surface area contributed by atoms with Gasteiger partial charge in [-0.1, -0.05) is 5.16 Å². The fraction of sp³-hybridized carbons (Fsp3) is 0.0714. The Kier molecular flexibility index (Phi) is 3.28. The molecular weight excluding hydrogens is 258 g/mol. The highest BCUT2D eigenvalue weighted by Gasteiger charge is 2.09. The van der Waals surface area contributed by atoms with E-state index in [4.69, 9.17) is 8.94 Å². The van der Waals surface area contributed by atoms with E-state index < -0.39 is 0 Å². The molecule has 0 aliphatic rings. The van der Waals surface area contributed by atoms with Gasteiger partial charge in [0.2, 0.25) is 5.76 Å². The normalized spacial score (nSPS) is 10.4. The minimum Gasteiger partial charge on any atom is -0.464 e. The fourth-order valence-corrected chi connectivity index (χ4v) is 1.76. The van der Waals surface area contributed by atoms with E-state index in [9.17, 15) is 4.79 Å². The lowest BCUT2D eigenvalue weighted by Crippen LogP contribution is -2.22. The maximum absolute atomic E-state index is 11.7. The molecule has 0 saturated heterocycles. The smallest absolute Gasteiger partial charge is 0.290 e. The minimum atomic E-state index is -0.314. The van der Waals surface area contributed by atoms with Crippen molar-refractivity contribution in [1.29, 1.82) is 0 Å². The molecule has 100 valence electrons. The Bertz CT molecular complexity index is 690. The van der Waals surface area contributed by atoms with Crippen LogP contribution in [0.1, 0.15) is 16.1 Å². The SMILES string of the molecule is O=C(NCc1cncc(-c2ccco2)c1)c1ccno1. The van der Waals surface area contributed by atoms with Crippen molar-refractivity contribution in [3.8, 4) is 11.3 Å². The monoisotopic (exact) mass is 269 g/mol. The summed E-state index contributed by atoms with van der Waals surface area (Å²) in [7, 11) is 0. The van der Waals surface area contributed by atoms with E-state index in [1.54, 1.807) is 18.7 Å². The van der Waals surface area contributed by atoms with E-state index in [2.05, 4.69) is 15.5 Å². The number of carbonyl (C=O) groups is 1. The Morgan fingerprint density at radius 2 is 2.25 bits per heavy atom. The van der Waals surface area contributed by atoms with Gasteiger partial charge in [-0.3, -0.25) is 9.78 Å². The Balaban J connectivity index is 1.69. The molecule has 0 aromatic carbocycles. The quantitative estimate of drug-likeness (QED) is 0.785. The maximum atomic E-state index is 11.7. The molecule has 1 amide bonds. The summed E-state index contributed by atoms with van der Waals surface area (Å²) in [6.07, 6.45) is 6.43. The molecule has 3 rings (SSSR count). The van der Waals surface area contributed by atoms with Crippen LogP contribution in [0, 0.1) is 0 Å². The maximum Gasteiger partial charge on any atom is 0.290 e. The first-order valence-corrected chi connectivity index (χ1v) is 5.99. The second kappa shape index (κ2) is 5.40. The first kappa shape index (κ1) is 12.2. The molecule has 3 aromatic rings. The second-order valence-electron chi connectivity index (χ2n) is 4.12. The third kappa shape index (κ3) is 2.59. The van der Waals surface area contributed by atoms with Crippen LogP contribution < -0.4 is 5.32 Å². The van der Waals surface area contributed by atoms with E-state index in [-0.39, 0.29) is 11.7 Å².